The van der Waals surface area contributed by atoms with Gasteiger partial charge in [0.15, 0.2) is 12.3 Å². The van der Waals surface area contributed by atoms with Crippen LogP contribution in [0.5, 0.6) is 11.8 Å². The van der Waals surface area contributed by atoms with Crippen molar-refractivity contribution in [1.82, 2.24) is 39.6 Å². The molecule has 0 saturated heterocycles. The minimum Gasteiger partial charge on any atom is -0.473 e. The number of aryl methyl sites for hydroxylation is 1. The number of nitriles is 1. The summed E-state index contributed by atoms with van der Waals surface area (Å²) in [5.74, 6) is 0.941. The van der Waals surface area contributed by atoms with E-state index >= 15 is 0 Å². The van der Waals surface area contributed by atoms with Crippen LogP contribution in [0.2, 0.25) is 0 Å². The molecule has 0 amide bonds. The summed E-state index contributed by atoms with van der Waals surface area (Å²) in [5, 5.41) is 36.7. The van der Waals surface area contributed by atoms with Crippen molar-refractivity contribution in [1.29, 1.82) is 5.26 Å². The fourth-order valence-corrected chi connectivity index (χ4v) is 4.99. The SMILES string of the molecule is COCc1nn(C)c2c1-c1cnc3n[nH]c(c3c1)/C=C/c1c(OCC#N)nn([C@@H](C)CO)c1CN(C)C[C@H](C)O2. The maximum atomic E-state index is 9.96. The summed E-state index contributed by atoms with van der Waals surface area (Å²) in [7, 11) is 5.48. The van der Waals surface area contributed by atoms with Gasteiger partial charge in [0, 0.05) is 44.4 Å². The Hall–Kier alpha value is -4.25. The van der Waals surface area contributed by atoms with Crippen molar-refractivity contribution < 1.29 is 19.3 Å². The van der Waals surface area contributed by atoms with Gasteiger partial charge in [-0.1, -0.05) is 0 Å². The van der Waals surface area contributed by atoms with Crippen molar-refractivity contribution in [3.8, 4) is 29.0 Å². The van der Waals surface area contributed by atoms with Crippen LogP contribution in [0.15, 0.2) is 12.3 Å². The lowest BCUT2D eigenvalue weighted by Gasteiger charge is -2.24. The molecule has 13 nitrogen and oxygen atoms in total. The van der Waals surface area contributed by atoms with Crippen molar-refractivity contribution in [2.45, 2.75) is 39.1 Å². The molecule has 0 saturated carbocycles. The first-order valence-corrected chi connectivity index (χ1v) is 13.0. The predicted octanol–water partition coefficient (Wildman–Crippen LogP) is 2.54. The Morgan fingerprint density at radius 2 is 2.12 bits per heavy atom. The molecule has 0 unspecified atom stereocenters. The summed E-state index contributed by atoms with van der Waals surface area (Å²) < 4.78 is 21.2. The zero-order valence-corrected chi connectivity index (χ0v) is 23.2. The van der Waals surface area contributed by atoms with Gasteiger partial charge in [-0.2, -0.15) is 15.5 Å². The first-order chi connectivity index (χ1) is 19.3. The van der Waals surface area contributed by atoms with Crippen molar-refractivity contribution in [2.75, 3.05) is 33.9 Å². The van der Waals surface area contributed by atoms with Crippen molar-refractivity contribution in [3.05, 3.63) is 34.9 Å². The molecular formula is C27H33N9O4. The summed E-state index contributed by atoms with van der Waals surface area (Å²) in [6.45, 7) is 5.02. The minimum absolute atomic E-state index is 0.106. The van der Waals surface area contributed by atoms with Crippen LogP contribution in [0.25, 0.3) is 34.3 Å². The topological polar surface area (TPSA) is 152 Å². The molecule has 4 aromatic rings. The van der Waals surface area contributed by atoms with Gasteiger partial charge in [-0.25, -0.2) is 9.67 Å². The fraction of sp³-hybridized carbons (Fsp3) is 0.444. The van der Waals surface area contributed by atoms with Crippen LogP contribution < -0.4 is 9.47 Å². The van der Waals surface area contributed by atoms with E-state index in [1.807, 2.05) is 52.2 Å². The number of nitrogens with one attached hydrogen (secondary N) is 1. The number of pyridine rings is 1. The van der Waals surface area contributed by atoms with E-state index in [2.05, 4.69) is 30.3 Å². The third-order valence-electron chi connectivity index (χ3n) is 6.77. The number of H-pyrrole nitrogens is 1. The Bertz CT molecular complexity index is 1580. The first kappa shape index (κ1) is 27.3. The highest BCUT2D eigenvalue weighted by molar-refractivity contribution is 5.91. The molecule has 0 spiro atoms. The van der Waals surface area contributed by atoms with Crippen molar-refractivity contribution in [3.63, 3.8) is 0 Å². The maximum Gasteiger partial charge on any atom is 0.241 e. The van der Waals surface area contributed by atoms with Crippen LogP contribution in [0.3, 0.4) is 0 Å². The highest BCUT2D eigenvalue weighted by Crippen LogP contribution is 2.36. The largest absolute Gasteiger partial charge is 0.473 e. The number of hydrogen-bond donors (Lipinski definition) is 2. The van der Waals surface area contributed by atoms with Gasteiger partial charge >= 0.3 is 0 Å². The zero-order chi connectivity index (χ0) is 28.4. The molecule has 2 N–H and O–H groups in total. The lowest BCUT2D eigenvalue weighted by Crippen LogP contribution is -2.32. The van der Waals surface area contributed by atoms with E-state index in [-0.39, 0.29) is 25.4 Å². The number of fused-ring (bicyclic) bond motifs is 4. The number of aromatic nitrogens is 7. The normalized spacial score (nSPS) is 17.4. The second kappa shape index (κ2) is 11.5. The Morgan fingerprint density at radius 1 is 1.30 bits per heavy atom. The standard InChI is InChI=1S/C27H33N9O4/c1-16(14-37)36-23-13-34(3)12-17(2)40-27-24(22(15-38-5)32-35(27)4)18-10-20-21(30-31-25(20)29-11-18)7-6-19(23)26(33-36)39-9-8-28/h6-7,10-11,16-17,37H,9,12-15H2,1-5H3,(H,29,30,31)/b7-6+/t16-,17-/m0/s1. The Morgan fingerprint density at radius 3 is 2.88 bits per heavy atom. The number of nitrogens with zero attached hydrogens (tertiary/aromatic N) is 8. The minimum atomic E-state index is -0.304. The third-order valence-corrected chi connectivity index (χ3v) is 6.77. The van der Waals surface area contributed by atoms with E-state index in [9.17, 15) is 5.11 Å². The number of aliphatic hydroxyl groups is 1. The molecule has 13 heteroatoms. The van der Waals surface area contributed by atoms with E-state index in [0.717, 1.165) is 33.6 Å². The predicted molar refractivity (Wildman–Crippen MR) is 147 cm³/mol. The first-order valence-electron chi connectivity index (χ1n) is 13.0. The number of methoxy groups -OCH3 is 1. The summed E-state index contributed by atoms with van der Waals surface area (Å²) in [6.07, 6.45) is 5.35. The molecule has 1 aliphatic rings. The van der Waals surface area contributed by atoms with Crippen LogP contribution in [-0.4, -0.2) is 84.8 Å². The summed E-state index contributed by atoms with van der Waals surface area (Å²) in [5.41, 5.74) is 5.25. The number of likely N-dealkylation sites (N-methyl/N-ethyl adjacent to an activating group) is 1. The average Bonchev–Trinajstić information content (AvgIpc) is 3.58. The van der Waals surface area contributed by atoms with Gasteiger partial charge < -0.3 is 19.3 Å². The van der Waals surface area contributed by atoms with E-state index in [4.69, 9.17) is 19.5 Å². The molecule has 0 fully saturated rings. The number of hydrogen-bond acceptors (Lipinski definition) is 10. The van der Waals surface area contributed by atoms with Gasteiger partial charge in [-0.05, 0) is 39.1 Å². The average molecular weight is 548 g/mol. The Kier molecular flexibility index (Phi) is 7.83. The molecule has 2 atom stereocenters. The molecule has 1 aliphatic heterocycles. The van der Waals surface area contributed by atoms with Gasteiger partial charge in [-0.15, -0.1) is 5.10 Å². The molecule has 210 valence electrons. The Labute approximate surface area is 231 Å². The maximum absolute atomic E-state index is 9.96. The van der Waals surface area contributed by atoms with E-state index in [0.29, 0.717) is 42.7 Å². The lowest BCUT2D eigenvalue weighted by molar-refractivity contribution is 0.145. The van der Waals surface area contributed by atoms with Crippen molar-refractivity contribution in [2.24, 2.45) is 7.05 Å². The molecular weight excluding hydrogens is 514 g/mol. The molecule has 0 radical (unpaired) electrons. The third kappa shape index (κ3) is 5.16. The van der Waals surface area contributed by atoms with Crippen LogP contribution in [0.1, 0.15) is 42.5 Å². The monoisotopic (exact) mass is 547 g/mol. The summed E-state index contributed by atoms with van der Waals surface area (Å²) in [4.78, 5) is 6.72. The Balaban J connectivity index is 1.71. The van der Waals surface area contributed by atoms with E-state index < -0.39 is 0 Å². The van der Waals surface area contributed by atoms with Gasteiger partial charge in [0.25, 0.3) is 0 Å². The molecule has 4 aromatic heterocycles. The van der Waals surface area contributed by atoms with Crippen molar-refractivity contribution >= 4 is 23.2 Å². The summed E-state index contributed by atoms with van der Waals surface area (Å²) in [6, 6.07) is 3.71. The number of rotatable bonds is 6. The number of ether oxygens (including phenoxy) is 3. The molecule has 2 bridgehead atoms. The second-order valence-corrected chi connectivity index (χ2v) is 9.96. The van der Waals surface area contributed by atoms with Crippen LogP contribution >= 0.6 is 0 Å². The molecule has 40 heavy (non-hydrogen) atoms. The molecule has 0 aromatic carbocycles. The van der Waals surface area contributed by atoms with Crippen LogP contribution in [0, 0.1) is 11.3 Å². The van der Waals surface area contributed by atoms with Gasteiger partial charge in [0.2, 0.25) is 11.8 Å². The van der Waals surface area contributed by atoms with E-state index in [1.165, 1.54) is 0 Å². The molecule has 0 aliphatic carbocycles. The summed E-state index contributed by atoms with van der Waals surface area (Å²) >= 11 is 0. The van der Waals surface area contributed by atoms with Crippen LogP contribution in [0.4, 0.5) is 0 Å². The second-order valence-electron chi connectivity index (χ2n) is 9.96. The molecule has 5 heterocycles. The highest BCUT2D eigenvalue weighted by atomic mass is 16.5. The zero-order valence-electron chi connectivity index (χ0n) is 23.2. The van der Waals surface area contributed by atoms with E-state index in [1.54, 1.807) is 22.7 Å². The fourth-order valence-electron chi connectivity index (χ4n) is 4.99. The number of aromatic amines is 1. The molecule has 5 rings (SSSR count). The lowest BCUT2D eigenvalue weighted by atomic mass is 10.1. The van der Waals surface area contributed by atoms with Gasteiger partial charge in [-0.3, -0.25) is 14.7 Å². The van der Waals surface area contributed by atoms with Gasteiger partial charge in [0.1, 0.15) is 12.2 Å². The quantitative estimate of drug-likeness (QED) is 0.368. The highest BCUT2D eigenvalue weighted by Gasteiger charge is 2.26. The van der Waals surface area contributed by atoms with Crippen LogP contribution in [-0.2, 0) is 24.9 Å². The smallest absolute Gasteiger partial charge is 0.241 e. The van der Waals surface area contributed by atoms with Gasteiger partial charge in [0.05, 0.1) is 47.5 Å². The number of aliphatic hydroxyl groups excluding tert-OH is 1.